The fourth-order valence-corrected chi connectivity index (χ4v) is 2.40. The lowest BCUT2D eigenvalue weighted by molar-refractivity contribution is 0.0941. The number of carbonyl (C=O) groups excluding carboxylic acids is 1. The molecular formula is C15H22N2O2. The topological polar surface area (TPSA) is 50.4 Å². The number of piperidine rings is 1. The van der Waals surface area contributed by atoms with Crippen LogP contribution in [0, 0.1) is 5.92 Å². The second-order valence-corrected chi connectivity index (χ2v) is 5.16. The zero-order valence-electron chi connectivity index (χ0n) is 11.6. The van der Waals surface area contributed by atoms with Crippen molar-refractivity contribution in [2.45, 2.75) is 25.8 Å². The Bertz CT molecular complexity index is 426. The molecule has 0 aromatic heterocycles. The van der Waals surface area contributed by atoms with Gasteiger partial charge >= 0.3 is 0 Å². The summed E-state index contributed by atoms with van der Waals surface area (Å²) in [6, 6.07) is 7.90. The van der Waals surface area contributed by atoms with Crippen molar-refractivity contribution in [3.8, 4) is 5.75 Å². The first-order chi connectivity index (χ1) is 9.20. The minimum Gasteiger partial charge on any atom is -0.496 e. The predicted molar refractivity (Wildman–Crippen MR) is 75.5 cm³/mol. The summed E-state index contributed by atoms with van der Waals surface area (Å²) in [5.74, 6) is 1.08. The highest BCUT2D eigenvalue weighted by Gasteiger charge is 2.19. The molecule has 1 fully saturated rings. The number of hydrogen-bond donors (Lipinski definition) is 2. The van der Waals surface area contributed by atoms with Crippen LogP contribution in [0.2, 0.25) is 0 Å². The Morgan fingerprint density at radius 3 is 2.89 bits per heavy atom. The van der Waals surface area contributed by atoms with Crippen LogP contribution in [0.4, 0.5) is 0 Å². The molecule has 1 aromatic carbocycles. The lowest BCUT2D eigenvalue weighted by Gasteiger charge is -2.27. The summed E-state index contributed by atoms with van der Waals surface area (Å²) in [6.45, 7) is 3.90. The normalized spacial score (nSPS) is 22.8. The Morgan fingerprint density at radius 2 is 2.21 bits per heavy atom. The molecule has 1 amide bonds. The van der Waals surface area contributed by atoms with Gasteiger partial charge < -0.3 is 15.4 Å². The molecule has 4 nitrogen and oxygen atoms in total. The molecule has 1 heterocycles. The van der Waals surface area contributed by atoms with Crippen LogP contribution in [0.25, 0.3) is 0 Å². The van der Waals surface area contributed by atoms with Crippen molar-refractivity contribution in [1.82, 2.24) is 10.6 Å². The van der Waals surface area contributed by atoms with Gasteiger partial charge in [0.2, 0.25) is 0 Å². The Hall–Kier alpha value is -1.55. The lowest BCUT2D eigenvalue weighted by atomic mass is 9.95. The van der Waals surface area contributed by atoms with E-state index in [4.69, 9.17) is 4.74 Å². The minimum atomic E-state index is -0.0592. The van der Waals surface area contributed by atoms with Gasteiger partial charge in [-0.05, 0) is 44.4 Å². The molecule has 1 aliphatic heterocycles. The summed E-state index contributed by atoms with van der Waals surface area (Å²) in [4.78, 5) is 12.1. The molecule has 2 rings (SSSR count). The minimum absolute atomic E-state index is 0.0592. The zero-order valence-corrected chi connectivity index (χ0v) is 11.6. The van der Waals surface area contributed by atoms with Crippen LogP contribution < -0.4 is 15.4 Å². The molecule has 1 aliphatic rings. The van der Waals surface area contributed by atoms with E-state index in [1.54, 1.807) is 19.2 Å². The number of benzene rings is 1. The van der Waals surface area contributed by atoms with Crippen LogP contribution in [0.15, 0.2) is 24.3 Å². The first-order valence-corrected chi connectivity index (χ1v) is 6.85. The molecule has 0 saturated carbocycles. The SMILES string of the molecule is COc1ccccc1C(=O)NCC1CCC(C)NC1. The monoisotopic (exact) mass is 262 g/mol. The molecule has 19 heavy (non-hydrogen) atoms. The van der Waals surface area contributed by atoms with E-state index >= 15 is 0 Å². The highest BCUT2D eigenvalue weighted by molar-refractivity contribution is 5.96. The first kappa shape index (κ1) is 13.9. The van der Waals surface area contributed by atoms with Gasteiger partial charge in [0.1, 0.15) is 5.75 Å². The van der Waals surface area contributed by atoms with E-state index in [2.05, 4.69) is 17.6 Å². The van der Waals surface area contributed by atoms with Gasteiger partial charge in [-0.2, -0.15) is 0 Å². The average molecular weight is 262 g/mol. The molecule has 1 saturated heterocycles. The van der Waals surface area contributed by atoms with Crippen molar-refractivity contribution < 1.29 is 9.53 Å². The maximum Gasteiger partial charge on any atom is 0.255 e. The Labute approximate surface area is 114 Å². The predicted octanol–water partition coefficient (Wildman–Crippen LogP) is 1.81. The molecule has 0 spiro atoms. The number of rotatable bonds is 4. The third kappa shape index (κ3) is 3.70. The van der Waals surface area contributed by atoms with Gasteiger partial charge in [0, 0.05) is 12.6 Å². The first-order valence-electron chi connectivity index (χ1n) is 6.85. The Balaban J connectivity index is 1.87. The van der Waals surface area contributed by atoms with Crippen LogP contribution >= 0.6 is 0 Å². The summed E-state index contributed by atoms with van der Waals surface area (Å²) in [5, 5.41) is 6.44. The maximum atomic E-state index is 12.1. The molecule has 2 N–H and O–H groups in total. The van der Waals surface area contributed by atoms with E-state index in [0.29, 0.717) is 23.3 Å². The third-order valence-electron chi connectivity index (χ3n) is 3.67. The standard InChI is InChI=1S/C15H22N2O2/c1-11-7-8-12(9-16-11)10-17-15(18)13-5-3-4-6-14(13)19-2/h3-6,11-12,16H,7-10H2,1-2H3,(H,17,18). The van der Waals surface area contributed by atoms with Gasteiger partial charge in [-0.25, -0.2) is 0 Å². The smallest absolute Gasteiger partial charge is 0.255 e. The van der Waals surface area contributed by atoms with Gasteiger partial charge in [0.25, 0.3) is 5.91 Å². The molecule has 4 heteroatoms. The summed E-state index contributed by atoms with van der Waals surface area (Å²) < 4.78 is 5.20. The van der Waals surface area contributed by atoms with E-state index in [-0.39, 0.29) is 5.91 Å². The van der Waals surface area contributed by atoms with Gasteiger partial charge in [0.15, 0.2) is 0 Å². The van der Waals surface area contributed by atoms with Gasteiger partial charge in [0.05, 0.1) is 12.7 Å². The summed E-state index contributed by atoms with van der Waals surface area (Å²) in [7, 11) is 1.58. The van der Waals surface area contributed by atoms with Crippen LogP contribution in [0.3, 0.4) is 0 Å². The molecule has 0 radical (unpaired) electrons. The molecule has 1 aromatic rings. The highest BCUT2D eigenvalue weighted by Crippen LogP contribution is 2.17. The second-order valence-electron chi connectivity index (χ2n) is 5.16. The Kier molecular flexibility index (Phi) is 4.80. The molecule has 0 bridgehead atoms. The fraction of sp³-hybridized carbons (Fsp3) is 0.533. The van der Waals surface area contributed by atoms with Crippen molar-refractivity contribution >= 4 is 5.91 Å². The van der Waals surface area contributed by atoms with Crippen molar-refractivity contribution in [3.05, 3.63) is 29.8 Å². The van der Waals surface area contributed by atoms with E-state index < -0.39 is 0 Å². The van der Waals surface area contributed by atoms with Crippen molar-refractivity contribution in [2.24, 2.45) is 5.92 Å². The highest BCUT2D eigenvalue weighted by atomic mass is 16.5. The van der Waals surface area contributed by atoms with Gasteiger partial charge in [-0.1, -0.05) is 12.1 Å². The Morgan fingerprint density at radius 1 is 1.42 bits per heavy atom. The molecule has 2 atom stereocenters. The number of carbonyl (C=O) groups is 1. The van der Waals surface area contributed by atoms with E-state index in [1.807, 2.05) is 12.1 Å². The van der Waals surface area contributed by atoms with Crippen LogP contribution in [0.5, 0.6) is 5.75 Å². The zero-order chi connectivity index (χ0) is 13.7. The summed E-state index contributed by atoms with van der Waals surface area (Å²) in [5.41, 5.74) is 0.599. The number of hydrogen-bond acceptors (Lipinski definition) is 3. The van der Waals surface area contributed by atoms with Crippen LogP contribution in [-0.4, -0.2) is 32.1 Å². The number of methoxy groups -OCH3 is 1. The van der Waals surface area contributed by atoms with Crippen LogP contribution in [-0.2, 0) is 0 Å². The number of ether oxygens (including phenoxy) is 1. The average Bonchev–Trinajstić information content (AvgIpc) is 2.46. The molecular weight excluding hydrogens is 240 g/mol. The number of nitrogens with one attached hydrogen (secondary N) is 2. The number of amides is 1. The summed E-state index contributed by atoms with van der Waals surface area (Å²) >= 11 is 0. The number of para-hydroxylation sites is 1. The third-order valence-corrected chi connectivity index (χ3v) is 3.67. The molecule has 104 valence electrons. The van der Waals surface area contributed by atoms with E-state index in [9.17, 15) is 4.79 Å². The van der Waals surface area contributed by atoms with Crippen molar-refractivity contribution in [2.75, 3.05) is 20.2 Å². The van der Waals surface area contributed by atoms with Gasteiger partial charge in [-0.3, -0.25) is 4.79 Å². The summed E-state index contributed by atoms with van der Waals surface area (Å²) in [6.07, 6.45) is 2.34. The van der Waals surface area contributed by atoms with E-state index in [0.717, 1.165) is 13.1 Å². The lowest BCUT2D eigenvalue weighted by Crippen LogP contribution is -2.42. The van der Waals surface area contributed by atoms with Crippen molar-refractivity contribution in [1.29, 1.82) is 0 Å². The fourth-order valence-electron chi connectivity index (χ4n) is 2.40. The largest absolute Gasteiger partial charge is 0.496 e. The van der Waals surface area contributed by atoms with Crippen LogP contribution in [0.1, 0.15) is 30.1 Å². The molecule has 2 unspecified atom stereocenters. The maximum absolute atomic E-state index is 12.1. The van der Waals surface area contributed by atoms with Crippen molar-refractivity contribution in [3.63, 3.8) is 0 Å². The quantitative estimate of drug-likeness (QED) is 0.870. The van der Waals surface area contributed by atoms with Gasteiger partial charge in [-0.15, -0.1) is 0 Å². The molecule has 0 aliphatic carbocycles. The van der Waals surface area contributed by atoms with E-state index in [1.165, 1.54) is 12.8 Å². The second kappa shape index (κ2) is 6.57.